The van der Waals surface area contributed by atoms with Gasteiger partial charge in [-0.15, -0.1) is 6.07 Å². The van der Waals surface area contributed by atoms with Gasteiger partial charge in [-0.2, -0.15) is 30.3 Å². The van der Waals surface area contributed by atoms with Crippen molar-refractivity contribution in [3.8, 4) is 0 Å². The van der Waals surface area contributed by atoms with Crippen LogP contribution in [0.5, 0.6) is 0 Å². The number of hydrogen-bond acceptors (Lipinski definition) is 7. The van der Waals surface area contributed by atoms with Crippen LogP contribution in [0.1, 0.15) is 6.92 Å². The molecular formula is C20H27FeNO7. The largest absolute Gasteiger partial charge is 2.00 e. The van der Waals surface area contributed by atoms with Gasteiger partial charge in [0.2, 0.25) is 5.91 Å². The van der Waals surface area contributed by atoms with Crippen molar-refractivity contribution in [2.45, 2.75) is 37.6 Å². The van der Waals surface area contributed by atoms with E-state index in [4.69, 9.17) is 14.6 Å². The maximum absolute atomic E-state index is 12.0. The van der Waals surface area contributed by atoms with Gasteiger partial charge in [0, 0.05) is 0 Å². The summed E-state index contributed by atoms with van der Waals surface area (Å²) in [6, 6.07) is 17.1. The van der Waals surface area contributed by atoms with E-state index in [1.165, 1.54) is 0 Å². The monoisotopic (exact) mass is 449 g/mol. The molecule has 0 bridgehead atoms. The Labute approximate surface area is 180 Å². The molecular weight excluding hydrogens is 422 g/mol. The zero-order chi connectivity index (χ0) is 20.5. The second-order valence-corrected chi connectivity index (χ2v) is 6.56. The Kier molecular flexibility index (Phi) is 11.3. The number of nitrogens with one attached hydrogen (secondary N) is 1. The molecule has 3 rings (SSSR count). The van der Waals surface area contributed by atoms with E-state index in [0.717, 1.165) is 0 Å². The molecule has 1 saturated heterocycles. The summed E-state index contributed by atoms with van der Waals surface area (Å²) in [6.07, 6.45) is -6.68. The predicted molar refractivity (Wildman–Crippen MR) is 102 cm³/mol. The number of amides is 1. The Morgan fingerprint density at radius 1 is 1.17 bits per heavy atom. The summed E-state index contributed by atoms with van der Waals surface area (Å²) < 4.78 is 10.5. The van der Waals surface area contributed by atoms with E-state index in [1.807, 2.05) is 30.3 Å². The first kappa shape index (κ1) is 25.5. The topological polar surface area (TPSA) is 128 Å². The summed E-state index contributed by atoms with van der Waals surface area (Å²) in [5, 5.41) is 41.0. The normalized spacial score (nSPS) is 27.1. The second-order valence-electron chi connectivity index (χ2n) is 6.56. The third-order valence-electron chi connectivity index (χ3n) is 4.29. The fraction of sp³-hybridized carbons (Fsp3) is 0.450. The predicted octanol–water partition coefficient (Wildman–Crippen LogP) is 0.200. The van der Waals surface area contributed by atoms with Crippen molar-refractivity contribution in [2.75, 3.05) is 18.5 Å². The summed E-state index contributed by atoms with van der Waals surface area (Å²) in [5.74, 6) is -0.793. The molecule has 5 N–H and O–H groups in total. The zero-order valence-corrected chi connectivity index (χ0v) is 17.0. The van der Waals surface area contributed by atoms with E-state index in [2.05, 4.69) is 5.32 Å². The molecule has 1 aliphatic heterocycles. The number of aliphatic hydroxyl groups excluding tert-OH is 4. The number of carbonyl (C=O) groups is 1. The Bertz CT molecular complexity index is 645. The number of carbonyl (C=O) groups excluding carboxylic acids is 1. The molecule has 1 heterocycles. The van der Waals surface area contributed by atoms with Crippen LogP contribution in [0.2, 0.25) is 0 Å². The van der Waals surface area contributed by atoms with Gasteiger partial charge in [-0.05, 0) is 0 Å². The van der Waals surface area contributed by atoms with Crippen LogP contribution in [0.15, 0.2) is 54.6 Å². The van der Waals surface area contributed by atoms with Gasteiger partial charge in [0.05, 0.1) is 19.1 Å². The Balaban J connectivity index is 0.000000610. The van der Waals surface area contributed by atoms with Gasteiger partial charge in [-0.25, -0.2) is 18.2 Å². The van der Waals surface area contributed by atoms with Gasteiger partial charge < -0.3 is 35.2 Å². The number of aliphatic hydroxyl groups is 4. The first-order valence-corrected chi connectivity index (χ1v) is 9.05. The standard InChI is InChI=1S/C15H22NO7.C5H5.Fe/c1-8(14(21)16-9-4-2-3-5-9)7-22-15-13(20)12(19)11(18)10(6-17)23-15;1-2-4-5-3-1;/h2-5,8,10-13,15,17-20H,6-7H2,1H3,(H,16,21);1-5H;/q2*-1;+2/t8-,10-,11-,12+,13+,15+;;/m1../s1. The SMILES string of the molecule is C[C@H](CO[C@H]1O[C@H](CO)[C@@H](O)[C@H](O)[C@@H]1O)C(=O)Nc1ccc[cH-]1.[Fe+2].c1cc[cH-]c1. The van der Waals surface area contributed by atoms with Crippen molar-refractivity contribution in [1.29, 1.82) is 0 Å². The van der Waals surface area contributed by atoms with E-state index in [0.29, 0.717) is 5.69 Å². The molecule has 9 heteroatoms. The third kappa shape index (κ3) is 7.65. The van der Waals surface area contributed by atoms with E-state index >= 15 is 0 Å². The summed E-state index contributed by atoms with van der Waals surface area (Å²) in [7, 11) is 0. The average molecular weight is 449 g/mol. The van der Waals surface area contributed by atoms with Crippen molar-refractivity contribution in [3.63, 3.8) is 0 Å². The van der Waals surface area contributed by atoms with Crippen molar-refractivity contribution in [3.05, 3.63) is 54.6 Å². The fourth-order valence-corrected chi connectivity index (χ4v) is 2.56. The van der Waals surface area contributed by atoms with Crippen LogP contribution >= 0.6 is 0 Å². The average Bonchev–Trinajstić information content (AvgIpc) is 3.42. The van der Waals surface area contributed by atoms with Crippen LogP contribution < -0.4 is 5.32 Å². The van der Waals surface area contributed by atoms with Crippen molar-refractivity contribution < 1.29 is 51.8 Å². The van der Waals surface area contributed by atoms with Crippen LogP contribution in [0, 0.1) is 5.92 Å². The molecule has 0 saturated carbocycles. The van der Waals surface area contributed by atoms with Crippen molar-refractivity contribution in [1.82, 2.24) is 0 Å². The molecule has 6 atom stereocenters. The second kappa shape index (κ2) is 12.9. The first-order valence-electron chi connectivity index (χ1n) is 9.05. The smallest absolute Gasteiger partial charge is 0.394 e. The molecule has 1 aliphatic rings. The number of anilines is 1. The summed E-state index contributed by atoms with van der Waals surface area (Å²) in [6.45, 7) is 1.05. The molecule has 0 aromatic heterocycles. The molecule has 0 aliphatic carbocycles. The molecule has 1 amide bonds. The molecule has 0 unspecified atom stereocenters. The van der Waals surface area contributed by atoms with Crippen LogP contribution in [0.3, 0.4) is 0 Å². The Hall–Kier alpha value is -1.55. The van der Waals surface area contributed by atoms with Crippen LogP contribution in [0.25, 0.3) is 0 Å². The van der Waals surface area contributed by atoms with E-state index in [9.17, 15) is 20.1 Å². The number of rotatable bonds is 6. The van der Waals surface area contributed by atoms with Crippen molar-refractivity contribution in [2.24, 2.45) is 5.92 Å². The molecule has 8 nitrogen and oxygen atoms in total. The maximum Gasteiger partial charge on any atom is 2.00 e. The summed E-state index contributed by atoms with van der Waals surface area (Å²) >= 11 is 0. The molecule has 0 radical (unpaired) electrons. The Morgan fingerprint density at radius 2 is 1.86 bits per heavy atom. The minimum Gasteiger partial charge on any atom is -0.394 e. The van der Waals surface area contributed by atoms with Gasteiger partial charge in [0.25, 0.3) is 0 Å². The zero-order valence-electron chi connectivity index (χ0n) is 15.9. The molecule has 162 valence electrons. The van der Waals surface area contributed by atoms with Crippen LogP contribution in [-0.2, 0) is 31.3 Å². The molecule has 29 heavy (non-hydrogen) atoms. The van der Waals surface area contributed by atoms with Gasteiger partial charge >= 0.3 is 17.1 Å². The molecule has 0 spiro atoms. The molecule has 2 aromatic carbocycles. The third-order valence-corrected chi connectivity index (χ3v) is 4.29. The van der Waals surface area contributed by atoms with E-state index in [-0.39, 0.29) is 29.6 Å². The Morgan fingerprint density at radius 3 is 2.38 bits per heavy atom. The van der Waals surface area contributed by atoms with E-state index < -0.39 is 43.2 Å². The first-order chi connectivity index (χ1) is 13.4. The summed E-state index contributed by atoms with van der Waals surface area (Å²) in [4.78, 5) is 12.0. The van der Waals surface area contributed by atoms with Crippen LogP contribution in [-0.4, -0.2) is 70.3 Å². The fourth-order valence-electron chi connectivity index (χ4n) is 2.56. The quantitative estimate of drug-likeness (QED) is 0.315. The van der Waals surface area contributed by atoms with E-state index in [1.54, 1.807) is 31.2 Å². The minimum atomic E-state index is -1.50. The maximum atomic E-state index is 12.0. The van der Waals surface area contributed by atoms with Gasteiger partial charge in [-0.3, -0.25) is 4.79 Å². The molecule has 1 fully saturated rings. The van der Waals surface area contributed by atoms with Crippen LogP contribution in [0.4, 0.5) is 5.69 Å². The number of hydrogen-bond donors (Lipinski definition) is 5. The summed E-state index contributed by atoms with van der Waals surface area (Å²) in [5.41, 5.74) is 0.676. The minimum absolute atomic E-state index is 0. The van der Waals surface area contributed by atoms with Gasteiger partial charge in [-0.1, -0.05) is 12.6 Å². The van der Waals surface area contributed by atoms with Gasteiger partial charge in [0.15, 0.2) is 6.29 Å². The molecule has 2 aromatic rings. The van der Waals surface area contributed by atoms with Crippen molar-refractivity contribution >= 4 is 11.6 Å². The number of ether oxygens (including phenoxy) is 2. The van der Waals surface area contributed by atoms with Gasteiger partial charge in [0.1, 0.15) is 24.4 Å².